The van der Waals surface area contributed by atoms with Crippen molar-refractivity contribution in [1.82, 2.24) is 15.3 Å². The minimum absolute atomic E-state index is 0.488. The molecule has 0 aliphatic heterocycles. The van der Waals surface area contributed by atoms with Crippen LogP contribution in [0.25, 0.3) is 0 Å². The minimum Gasteiger partial charge on any atom is -0.338 e. The number of nitrogens with zero attached hydrogens (tertiary/aromatic N) is 3. The van der Waals surface area contributed by atoms with E-state index in [1.54, 1.807) is 0 Å². The van der Waals surface area contributed by atoms with E-state index in [1.165, 1.54) is 31.2 Å². The van der Waals surface area contributed by atoms with Gasteiger partial charge in [0.1, 0.15) is 0 Å². The van der Waals surface area contributed by atoms with Crippen molar-refractivity contribution in [3.8, 4) is 0 Å². The van der Waals surface area contributed by atoms with Crippen molar-refractivity contribution in [2.45, 2.75) is 72.0 Å². The highest BCUT2D eigenvalue weighted by Gasteiger charge is 2.30. The molecule has 0 bridgehead atoms. The highest BCUT2D eigenvalue weighted by Crippen LogP contribution is 2.30. The molecule has 0 unspecified atom stereocenters. The van der Waals surface area contributed by atoms with E-state index in [2.05, 4.69) is 42.9 Å². The van der Waals surface area contributed by atoms with Crippen LogP contribution in [0.15, 0.2) is 6.20 Å². The molecule has 1 aliphatic rings. The van der Waals surface area contributed by atoms with Crippen molar-refractivity contribution in [3.05, 3.63) is 17.5 Å². The fourth-order valence-corrected chi connectivity index (χ4v) is 2.27. The van der Waals surface area contributed by atoms with Gasteiger partial charge < -0.3 is 10.2 Å². The molecule has 1 N–H and O–H groups in total. The second-order valence-corrected chi connectivity index (χ2v) is 6.09. The molecular formula is C16H28N4. The number of nitrogens with one attached hydrogen (secondary N) is 1. The smallest absolute Gasteiger partial charge is 0.225 e. The molecular weight excluding hydrogens is 248 g/mol. The molecule has 0 aromatic carbocycles. The lowest BCUT2D eigenvalue weighted by atomic mass is 10.2. The van der Waals surface area contributed by atoms with Crippen molar-refractivity contribution in [2.24, 2.45) is 0 Å². The molecule has 0 radical (unpaired) electrons. The van der Waals surface area contributed by atoms with Crippen LogP contribution in [0.4, 0.5) is 5.95 Å². The molecule has 0 spiro atoms. The van der Waals surface area contributed by atoms with Gasteiger partial charge in [0, 0.05) is 42.6 Å². The number of hydrogen-bond acceptors (Lipinski definition) is 4. The Labute approximate surface area is 123 Å². The first-order valence-electron chi connectivity index (χ1n) is 7.94. The van der Waals surface area contributed by atoms with E-state index in [0.29, 0.717) is 12.1 Å². The number of rotatable bonds is 8. The third-order valence-corrected chi connectivity index (χ3v) is 3.77. The molecule has 4 heteroatoms. The fraction of sp³-hybridized carbons (Fsp3) is 0.750. The largest absolute Gasteiger partial charge is 0.338 e. The first kappa shape index (κ1) is 15.2. The summed E-state index contributed by atoms with van der Waals surface area (Å²) >= 11 is 0. The van der Waals surface area contributed by atoms with E-state index in [0.717, 1.165) is 24.7 Å². The molecule has 4 nitrogen and oxygen atoms in total. The summed E-state index contributed by atoms with van der Waals surface area (Å²) in [6.45, 7) is 10.6. The molecule has 0 atom stereocenters. The van der Waals surface area contributed by atoms with E-state index in [1.807, 2.05) is 6.20 Å². The Morgan fingerprint density at radius 2 is 2.15 bits per heavy atom. The van der Waals surface area contributed by atoms with Gasteiger partial charge in [-0.1, -0.05) is 27.2 Å². The zero-order valence-corrected chi connectivity index (χ0v) is 13.3. The van der Waals surface area contributed by atoms with Gasteiger partial charge in [-0.25, -0.2) is 9.97 Å². The quantitative estimate of drug-likeness (QED) is 0.792. The van der Waals surface area contributed by atoms with Crippen molar-refractivity contribution in [3.63, 3.8) is 0 Å². The second kappa shape index (κ2) is 7.02. The Hall–Kier alpha value is -1.16. The van der Waals surface area contributed by atoms with E-state index < -0.39 is 0 Å². The lowest BCUT2D eigenvalue weighted by molar-refractivity contribution is 0.584. The summed E-state index contributed by atoms with van der Waals surface area (Å²) < 4.78 is 0. The van der Waals surface area contributed by atoms with Crippen molar-refractivity contribution in [2.75, 3.05) is 11.4 Å². The van der Waals surface area contributed by atoms with Crippen molar-refractivity contribution < 1.29 is 0 Å². The lowest BCUT2D eigenvalue weighted by Crippen LogP contribution is -2.29. The lowest BCUT2D eigenvalue weighted by Gasteiger charge is -2.23. The fourth-order valence-electron chi connectivity index (χ4n) is 2.27. The number of aromatic nitrogens is 2. The van der Waals surface area contributed by atoms with E-state index in [9.17, 15) is 0 Å². The predicted molar refractivity (Wildman–Crippen MR) is 84.0 cm³/mol. The molecule has 1 fully saturated rings. The Bertz CT molecular complexity index is 426. The third-order valence-electron chi connectivity index (χ3n) is 3.77. The van der Waals surface area contributed by atoms with Gasteiger partial charge in [0.2, 0.25) is 5.95 Å². The number of aryl methyl sites for hydroxylation is 1. The summed E-state index contributed by atoms with van der Waals surface area (Å²) in [6.07, 6.45) is 7.02. The maximum Gasteiger partial charge on any atom is 0.225 e. The molecule has 20 heavy (non-hydrogen) atoms. The maximum atomic E-state index is 4.74. The van der Waals surface area contributed by atoms with Crippen LogP contribution in [0.3, 0.4) is 0 Å². The molecule has 1 aliphatic carbocycles. The predicted octanol–water partition coefficient (Wildman–Crippen LogP) is 3.05. The van der Waals surface area contributed by atoms with Crippen LogP contribution in [-0.4, -0.2) is 28.6 Å². The summed E-state index contributed by atoms with van der Waals surface area (Å²) in [4.78, 5) is 11.7. The molecule has 1 aromatic rings. The molecule has 1 saturated carbocycles. The molecule has 0 saturated heterocycles. The number of unbranched alkanes of at least 4 members (excludes halogenated alkanes) is 1. The topological polar surface area (TPSA) is 41.1 Å². The molecule has 1 aromatic heterocycles. The monoisotopic (exact) mass is 276 g/mol. The average Bonchev–Trinajstić information content (AvgIpc) is 3.22. The van der Waals surface area contributed by atoms with Crippen LogP contribution in [-0.2, 0) is 6.54 Å². The van der Waals surface area contributed by atoms with E-state index >= 15 is 0 Å². The van der Waals surface area contributed by atoms with Crippen LogP contribution in [0.2, 0.25) is 0 Å². The van der Waals surface area contributed by atoms with Gasteiger partial charge in [0.25, 0.3) is 0 Å². The van der Waals surface area contributed by atoms with Crippen molar-refractivity contribution >= 4 is 5.95 Å². The number of hydrogen-bond donors (Lipinski definition) is 1. The summed E-state index contributed by atoms with van der Waals surface area (Å²) in [7, 11) is 0. The Morgan fingerprint density at radius 3 is 2.70 bits per heavy atom. The Morgan fingerprint density at radius 1 is 1.40 bits per heavy atom. The molecule has 1 heterocycles. The Balaban J connectivity index is 2.05. The van der Waals surface area contributed by atoms with Crippen LogP contribution in [0.5, 0.6) is 0 Å². The normalized spacial score (nSPS) is 14.8. The van der Waals surface area contributed by atoms with Gasteiger partial charge in [-0.15, -0.1) is 0 Å². The first-order valence-corrected chi connectivity index (χ1v) is 7.94. The average molecular weight is 276 g/mol. The minimum atomic E-state index is 0.488. The van der Waals surface area contributed by atoms with Crippen molar-refractivity contribution in [1.29, 1.82) is 0 Å². The zero-order chi connectivity index (χ0) is 14.5. The van der Waals surface area contributed by atoms with Gasteiger partial charge in [0.15, 0.2) is 0 Å². The molecule has 0 amide bonds. The highest BCUT2D eigenvalue weighted by atomic mass is 15.3. The van der Waals surface area contributed by atoms with Crippen LogP contribution < -0.4 is 10.2 Å². The summed E-state index contributed by atoms with van der Waals surface area (Å²) in [5.74, 6) is 0.923. The highest BCUT2D eigenvalue weighted by molar-refractivity contribution is 5.36. The van der Waals surface area contributed by atoms with Crippen LogP contribution in [0, 0.1) is 6.92 Å². The van der Waals surface area contributed by atoms with E-state index in [-0.39, 0.29) is 0 Å². The van der Waals surface area contributed by atoms with Gasteiger partial charge in [-0.05, 0) is 26.2 Å². The van der Waals surface area contributed by atoms with Gasteiger partial charge in [-0.3, -0.25) is 0 Å². The van der Waals surface area contributed by atoms with E-state index in [4.69, 9.17) is 4.98 Å². The molecule has 2 rings (SSSR count). The van der Waals surface area contributed by atoms with Gasteiger partial charge in [0.05, 0.1) is 0 Å². The number of anilines is 1. The van der Waals surface area contributed by atoms with Crippen LogP contribution >= 0.6 is 0 Å². The molecule has 112 valence electrons. The summed E-state index contributed by atoms with van der Waals surface area (Å²) in [5.41, 5.74) is 2.30. The van der Waals surface area contributed by atoms with Gasteiger partial charge >= 0.3 is 0 Å². The summed E-state index contributed by atoms with van der Waals surface area (Å²) in [5, 5.41) is 3.43. The maximum absolute atomic E-state index is 4.74. The zero-order valence-electron chi connectivity index (χ0n) is 13.3. The first-order chi connectivity index (χ1) is 9.61. The summed E-state index contributed by atoms with van der Waals surface area (Å²) in [6, 6.07) is 1.17. The standard InChI is InChI=1S/C16H28N4/c1-5-6-9-20(15-7-8-15)16-18-11-14(13(4)19-16)10-17-12(2)3/h11-12,15,17H,5-10H2,1-4H3. The third kappa shape index (κ3) is 4.17. The second-order valence-electron chi connectivity index (χ2n) is 6.09. The van der Waals surface area contributed by atoms with Gasteiger partial charge in [-0.2, -0.15) is 0 Å². The Kier molecular flexibility index (Phi) is 5.35. The van der Waals surface area contributed by atoms with Crippen LogP contribution in [0.1, 0.15) is 57.7 Å². The SMILES string of the molecule is CCCCN(c1ncc(CNC(C)C)c(C)n1)C1CC1.